The molecule has 1 amide bonds. The van der Waals surface area contributed by atoms with E-state index in [0.717, 1.165) is 35.5 Å². The van der Waals surface area contributed by atoms with Gasteiger partial charge in [-0.05, 0) is 42.7 Å². The number of halogens is 1. The molecule has 4 heterocycles. The molecule has 1 fully saturated rings. The number of benzene rings is 1. The summed E-state index contributed by atoms with van der Waals surface area (Å²) in [5.74, 6) is 0.589. The van der Waals surface area contributed by atoms with Gasteiger partial charge in [-0.1, -0.05) is 12.1 Å². The number of aryl methyl sites for hydroxylation is 2. The van der Waals surface area contributed by atoms with Crippen LogP contribution in [0.3, 0.4) is 0 Å². The molecule has 0 atom stereocenters. The summed E-state index contributed by atoms with van der Waals surface area (Å²) in [6.45, 7) is 0.0792. The summed E-state index contributed by atoms with van der Waals surface area (Å²) in [7, 11) is 3.75. The second kappa shape index (κ2) is 8.67. The van der Waals surface area contributed by atoms with Crippen molar-refractivity contribution >= 4 is 17.1 Å². The normalized spacial score (nSPS) is 13.3. The summed E-state index contributed by atoms with van der Waals surface area (Å²) in [5.41, 5.74) is 5.61. The molecule has 0 saturated heterocycles. The van der Waals surface area contributed by atoms with E-state index in [1.54, 1.807) is 35.4 Å². The van der Waals surface area contributed by atoms with Crippen LogP contribution in [-0.2, 0) is 20.6 Å². The number of nitrogens with zero attached hydrogens (tertiary/aromatic N) is 6. The fourth-order valence-corrected chi connectivity index (χ4v) is 4.40. The first kappa shape index (κ1) is 22.1. The summed E-state index contributed by atoms with van der Waals surface area (Å²) in [6.07, 6.45) is 9.24. The van der Waals surface area contributed by atoms with Crippen molar-refractivity contribution in [3.63, 3.8) is 0 Å². The van der Waals surface area contributed by atoms with E-state index >= 15 is 4.39 Å². The van der Waals surface area contributed by atoms with Gasteiger partial charge in [-0.2, -0.15) is 5.10 Å². The number of pyridine rings is 2. The summed E-state index contributed by atoms with van der Waals surface area (Å²) in [5, 5.41) is 7.02. The zero-order chi connectivity index (χ0) is 24.8. The van der Waals surface area contributed by atoms with Crippen LogP contribution in [-0.4, -0.2) is 35.2 Å². The van der Waals surface area contributed by atoms with Crippen molar-refractivity contribution in [2.45, 2.75) is 25.3 Å². The maximum absolute atomic E-state index is 15.1. The molecule has 0 spiro atoms. The van der Waals surface area contributed by atoms with Crippen LogP contribution in [0, 0.1) is 5.82 Å². The number of aromatic nitrogens is 6. The molecular formula is C27H24FN7O. The highest BCUT2D eigenvalue weighted by molar-refractivity contribution is 5.94. The van der Waals surface area contributed by atoms with Gasteiger partial charge in [0.1, 0.15) is 17.2 Å². The SMILES string of the molecule is Cn1cc(-c2nc3c(-c4ccc(CNC(=O)c5ccc(C6CC6)nc5)c(F)c4)ccnc3n2C)cn1. The molecule has 180 valence electrons. The van der Waals surface area contributed by atoms with Crippen LogP contribution in [0.4, 0.5) is 4.39 Å². The second-order valence-corrected chi connectivity index (χ2v) is 9.16. The van der Waals surface area contributed by atoms with Crippen LogP contribution >= 0.6 is 0 Å². The molecule has 8 nitrogen and oxygen atoms in total. The van der Waals surface area contributed by atoms with Gasteiger partial charge in [0.25, 0.3) is 5.91 Å². The Hall–Kier alpha value is -4.40. The zero-order valence-electron chi connectivity index (χ0n) is 19.9. The van der Waals surface area contributed by atoms with Crippen molar-refractivity contribution in [3.05, 3.63) is 83.8 Å². The van der Waals surface area contributed by atoms with Crippen molar-refractivity contribution in [2.24, 2.45) is 14.1 Å². The lowest BCUT2D eigenvalue weighted by Gasteiger charge is -2.09. The van der Waals surface area contributed by atoms with Crippen LogP contribution in [0.25, 0.3) is 33.7 Å². The molecule has 0 aliphatic heterocycles. The number of hydrogen-bond acceptors (Lipinski definition) is 5. The average molecular weight is 482 g/mol. The van der Waals surface area contributed by atoms with E-state index in [-0.39, 0.29) is 12.5 Å². The van der Waals surface area contributed by atoms with Crippen LogP contribution in [0.5, 0.6) is 0 Å². The Morgan fingerprint density at radius 1 is 1.08 bits per heavy atom. The number of carbonyl (C=O) groups is 1. The first-order valence-corrected chi connectivity index (χ1v) is 11.8. The second-order valence-electron chi connectivity index (χ2n) is 9.16. The van der Waals surface area contributed by atoms with Crippen LogP contribution in [0.15, 0.2) is 61.2 Å². The van der Waals surface area contributed by atoms with Crippen molar-refractivity contribution in [1.29, 1.82) is 0 Å². The zero-order valence-corrected chi connectivity index (χ0v) is 19.9. The lowest BCUT2D eigenvalue weighted by Crippen LogP contribution is -2.23. The molecule has 1 aliphatic rings. The Labute approximate surface area is 206 Å². The van der Waals surface area contributed by atoms with Gasteiger partial charge in [0.2, 0.25) is 0 Å². The molecule has 1 aromatic carbocycles. The largest absolute Gasteiger partial charge is 0.348 e. The van der Waals surface area contributed by atoms with Gasteiger partial charge in [0.15, 0.2) is 5.65 Å². The number of imidazole rings is 1. The molecule has 9 heteroatoms. The number of rotatable bonds is 6. The van der Waals surface area contributed by atoms with Gasteiger partial charge in [0.05, 0.1) is 17.3 Å². The standard InChI is InChI=1S/C27H24FN7O/c1-34-15-20(14-32-34)25-33-24-21(9-10-29-26(24)35(25)2)17-5-6-18(22(28)11-17)12-31-27(36)19-7-8-23(30-13-19)16-3-4-16/h5-11,13-16H,3-4,12H2,1-2H3,(H,31,36). The van der Waals surface area contributed by atoms with E-state index in [1.165, 1.54) is 6.07 Å². The molecule has 0 bridgehead atoms. The third kappa shape index (κ3) is 4.02. The first-order valence-electron chi connectivity index (χ1n) is 11.8. The van der Waals surface area contributed by atoms with Crippen LogP contribution in [0.1, 0.15) is 40.4 Å². The minimum Gasteiger partial charge on any atom is -0.348 e. The summed E-state index contributed by atoms with van der Waals surface area (Å²) in [6, 6.07) is 10.5. The number of fused-ring (bicyclic) bond motifs is 1. The Balaban J connectivity index is 1.23. The van der Waals surface area contributed by atoms with Gasteiger partial charge in [-0.3, -0.25) is 14.5 Å². The molecule has 36 heavy (non-hydrogen) atoms. The topological polar surface area (TPSA) is 90.5 Å². The van der Waals surface area contributed by atoms with Gasteiger partial charge >= 0.3 is 0 Å². The highest BCUT2D eigenvalue weighted by Gasteiger charge is 2.25. The first-order chi connectivity index (χ1) is 17.5. The van der Waals surface area contributed by atoms with E-state index < -0.39 is 5.82 Å². The monoisotopic (exact) mass is 481 g/mol. The predicted molar refractivity (Wildman–Crippen MR) is 133 cm³/mol. The van der Waals surface area contributed by atoms with Gasteiger partial charge in [-0.15, -0.1) is 0 Å². The fraction of sp³-hybridized carbons (Fsp3) is 0.222. The molecule has 6 rings (SSSR count). The summed E-state index contributed by atoms with van der Waals surface area (Å²) >= 11 is 0. The lowest BCUT2D eigenvalue weighted by atomic mass is 10.0. The number of nitrogens with one attached hydrogen (secondary N) is 1. The molecule has 1 N–H and O–H groups in total. The van der Waals surface area contributed by atoms with Gasteiger partial charge in [0, 0.05) is 62.0 Å². The molecule has 5 aromatic rings. The molecular weight excluding hydrogens is 457 g/mol. The fourth-order valence-electron chi connectivity index (χ4n) is 4.40. The molecule has 4 aromatic heterocycles. The van der Waals surface area contributed by atoms with Gasteiger partial charge < -0.3 is 9.88 Å². The Kier molecular flexibility index (Phi) is 5.32. The van der Waals surface area contributed by atoms with Crippen LogP contribution < -0.4 is 5.32 Å². The Bertz CT molecular complexity index is 1600. The van der Waals surface area contributed by atoms with E-state index in [2.05, 4.69) is 20.4 Å². The Morgan fingerprint density at radius 2 is 1.94 bits per heavy atom. The number of hydrogen-bond donors (Lipinski definition) is 1. The molecule has 0 radical (unpaired) electrons. The molecule has 1 aliphatic carbocycles. The maximum Gasteiger partial charge on any atom is 0.253 e. The number of amides is 1. The Morgan fingerprint density at radius 3 is 2.64 bits per heavy atom. The van der Waals surface area contributed by atoms with Crippen molar-refractivity contribution in [3.8, 4) is 22.5 Å². The van der Waals surface area contributed by atoms with Crippen molar-refractivity contribution in [1.82, 2.24) is 34.6 Å². The number of carbonyl (C=O) groups excluding carboxylic acids is 1. The average Bonchev–Trinajstić information content (AvgIpc) is 3.57. The lowest BCUT2D eigenvalue weighted by molar-refractivity contribution is 0.0950. The highest BCUT2D eigenvalue weighted by Crippen LogP contribution is 2.38. The van der Waals surface area contributed by atoms with E-state index in [0.29, 0.717) is 33.8 Å². The smallest absolute Gasteiger partial charge is 0.253 e. The van der Waals surface area contributed by atoms with Crippen molar-refractivity contribution < 1.29 is 9.18 Å². The minimum absolute atomic E-state index is 0.0792. The highest BCUT2D eigenvalue weighted by atomic mass is 19.1. The molecule has 1 saturated carbocycles. The van der Waals surface area contributed by atoms with E-state index in [4.69, 9.17) is 4.98 Å². The maximum atomic E-state index is 15.1. The summed E-state index contributed by atoms with van der Waals surface area (Å²) < 4.78 is 18.7. The van der Waals surface area contributed by atoms with Crippen molar-refractivity contribution in [2.75, 3.05) is 0 Å². The van der Waals surface area contributed by atoms with E-state index in [9.17, 15) is 4.79 Å². The quantitative estimate of drug-likeness (QED) is 0.389. The van der Waals surface area contributed by atoms with Gasteiger partial charge in [-0.25, -0.2) is 14.4 Å². The minimum atomic E-state index is -0.400. The molecule has 0 unspecified atom stereocenters. The predicted octanol–water partition coefficient (Wildman–Crippen LogP) is 4.38. The van der Waals surface area contributed by atoms with E-state index in [1.807, 2.05) is 43.1 Å². The van der Waals surface area contributed by atoms with Crippen LogP contribution in [0.2, 0.25) is 0 Å². The third-order valence-corrected chi connectivity index (χ3v) is 6.57. The summed E-state index contributed by atoms with van der Waals surface area (Å²) in [4.78, 5) is 26.2. The third-order valence-electron chi connectivity index (χ3n) is 6.57.